The molecule has 0 aliphatic carbocycles. The Balaban J connectivity index is 2.37. The molecule has 0 atom stereocenters. The predicted molar refractivity (Wildman–Crippen MR) is 106 cm³/mol. The van der Waals surface area contributed by atoms with Gasteiger partial charge in [0.15, 0.2) is 0 Å². The van der Waals surface area contributed by atoms with Gasteiger partial charge in [0.1, 0.15) is 5.75 Å². The smallest absolute Gasteiger partial charge is 0.255 e. The third kappa shape index (κ3) is 4.49. The molecule has 0 aliphatic rings. The van der Waals surface area contributed by atoms with Crippen molar-refractivity contribution in [2.24, 2.45) is 5.73 Å². The highest BCUT2D eigenvalue weighted by Gasteiger charge is 2.22. The predicted octanol–water partition coefficient (Wildman–Crippen LogP) is 2.08. The first-order valence-electron chi connectivity index (χ1n) is 8.64. The summed E-state index contributed by atoms with van der Waals surface area (Å²) in [6.45, 7) is 4.14. The maximum atomic E-state index is 12.7. The number of ether oxygens (including phenoxy) is 1. The van der Waals surface area contributed by atoms with Crippen molar-refractivity contribution >= 4 is 27.5 Å². The summed E-state index contributed by atoms with van der Waals surface area (Å²) in [5.74, 6) is -0.854. The zero-order valence-corrected chi connectivity index (χ0v) is 16.7. The second kappa shape index (κ2) is 8.85. The molecule has 0 saturated carbocycles. The number of hydrogen-bond donors (Lipinski definition) is 2. The minimum absolute atomic E-state index is 0.0294. The van der Waals surface area contributed by atoms with Crippen LogP contribution in [-0.4, -0.2) is 44.7 Å². The summed E-state index contributed by atoms with van der Waals surface area (Å²) >= 11 is 0. The summed E-state index contributed by atoms with van der Waals surface area (Å²) in [7, 11) is -2.27. The van der Waals surface area contributed by atoms with Crippen LogP contribution >= 0.6 is 0 Å². The van der Waals surface area contributed by atoms with Crippen LogP contribution in [0.3, 0.4) is 0 Å². The van der Waals surface area contributed by atoms with Crippen molar-refractivity contribution in [1.29, 1.82) is 0 Å². The second-order valence-corrected chi connectivity index (χ2v) is 7.79. The molecule has 0 aromatic heterocycles. The van der Waals surface area contributed by atoms with Gasteiger partial charge in [-0.05, 0) is 36.4 Å². The van der Waals surface area contributed by atoms with Gasteiger partial charge >= 0.3 is 0 Å². The quantitative estimate of drug-likeness (QED) is 0.697. The Bertz CT molecular complexity index is 985. The SMILES string of the molecule is CCN(CC)S(=O)(=O)c1cccc(C(=O)Nc2cc(C(N)=O)ccc2OC)c1. The highest BCUT2D eigenvalue weighted by molar-refractivity contribution is 7.89. The molecule has 2 amide bonds. The molecular formula is C19H23N3O5S. The molecule has 2 aromatic rings. The largest absolute Gasteiger partial charge is 0.495 e. The fourth-order valence-electron chi connectivity index (χ4n) is 2.66. The van der Waals surface area contributed by atoms with Crippen LogP contribution in [-0.2, 0) is 10.0 Å². The first-order chi connectivity index (χ1) is 13.2. The number of hydrogen-bond acceptors (Lipinski definition) is 5. The van der Waals surface area contributed by atoms with Crippen LogP contribution in [0.25, 0.3) is 0 Å². The van der Waals surface area contributed by atoms with Gasteiger partial charge in [0, 0.05) is 24.2 Å². The van der Waals surface area contributed by atoms with Gasteiger partial charge in [-0.1, -0.05) is 19.9 Å². The van der Waals surface area contributed by atoms with Crippen LogP contribution in [0.15, 0.2) is 47.4 Å². The van der Waals surface area contributed by atoms with Crippen molar-refractivity contribution in [3.8, 4) is 5.75 Å². The lowest BCUT2D eigenvalue weighted by Gasteiger charge is -2.18. The van der Waals surface area contributed by atoms with Crippen LogP contribution < -0.4 is 15.8 Å². The topological polar surface area (TPSA) is 119 Å². The molecule has 2 aromatic carbocycles. The summed E-state index contributed by atoms with van der Waals surface area (Å²) in [6, 6.07) is 10.1. The maximum absolute atomic E-state index is 12.7. The molecule has 0 saturated heterocycles. The number of nitrogens with one attached hydrogen (secondary N) is 1. The van der Waals surface area contributed by atoms with Crippen LogP contribution in [0.4, 0.5) is 5.69 Å². The lowest BCUT2D eigenvalue weighted by molar-refractivity contribution is 0.0996. The zero-order chi connectivity index (χ0) is 20.9. The lowest BCUT2D eigenvalue weighted by atomic mass is 10.1. The molecule has 28 heavy (non-hydrogen) atoms. The number of nitrogens with zero attached hydrogens (tertiary/aromatic N) is 1. The number of rotatable bonds is 8. The molecule has 0 radical (unpaired) electrons. The van der Waals surface area contributed by atoms with Crippen molar-refractivity contribution in [2.45, 2.75) is 18.7 Å². The van der Waals surface area contributed by atoms with Crippen LogP contribution in [0.1, 0.15) is 34.6 Å². The molecule has 150 valence electrons. The number of benzene rings is 2. The third-order valence-corrected chi connectivity index (χ3v) is 6.22. The van der Waals surface area contributed by atoms with E-state index in [1.165, 1.54) is 53.9 Å². The Labute approximate surface area is 164 Å². The van der Waals surface area contributed by atoms with E-state index >= 15 is 0 Å². The highest BCUT2D eigenvalue weighted by Crippen LogP contribution is 2.26. The van der Waals surface area contributed by atoms with E-state index in [-0.39, 0.29) is 21.7 Å². The fraction of sp³-hybridized carbons (Fsp3) is 0.263. The summed E-state index contributed by atoms with van der Waals surface area (Å²) in [4.78, 5) is 24.1. The van der Waals surface area contributed by atoms with Crippen molar-refractivity contribution in [3.63, 3.8) is 0 Å². The Hall–Kier alpha value is -2.91. The van der Waals surface area contributed by atoms with Crippen molar-refractivity contribution in [2.75, 3.05) is 25.5 Å². The first-order valence-corrected chi connectivity index (χ1v) is 10.1. The van der Waals surface area contributed by atoms with Gasteiger partial charge in [0.2, 0.25) is 15.9 Å². The Kier molecular flexibility index (Phi) is 6.76. The number of sulfonamides is 1. The first kappa shape index (κ1) is 21.4. The molecule has 0 aliphatic heterocycles. The average Bonchev–Trinajstić information content (AvgIpc) is 2.68. The van der Waals surface area contributed by atoms with E-state index in [2.05, 4.69) is 5.32 Å². The lowest BCUT2D eigenvalue weighted by Crippen LogP contribution is -2.30. The summed E-state index contributed by atoms with van der Waals surface area (Å²) in [6.07, 6.45) is 0. The molecule has 8 nitrogen and oxygen atoms in total. The molecular weight excluding hydrogens is 382 g/mol. The molecule has 0 spiro atoms. The number of carbonyl (C=O) groups is 2. The van der Waals surface area contributed by atoms with Gasteiger partial charge in [-0.3, -0.25) is 9.59 Å². The molecule has 3 N–H and O–H groups in total. The number of nitrogens with two attached hydrogens (primary N) is 1. The van der Waals surface area contributed by atoms with Crippen molar-refractivity contribution in [1.82, 2.24) is 4.31 Å². The number of methoxy groups -OCH3 is 1. The number of amides is 2. The van der Waals surface area contributed by atoms with E-state index in [0.29, 0.717) is 18.8 Å². The number of primary amides is 1. The standard InChI is InChI=1S/C19H23N3O5S/c1-4-22(5-2)28(25,26)15-8-6-7-14(11-15)19(24)21-16-12-13(18(20)23)9-10-17(16)27-3/h6-12H,4-5H2,1-3H3,(H2,20,23)(H,21,24). The molecule has 0 heterocycles. The van der Waals surface area contributed by atoms with Gasteiger partial charge in [0.25, 0.3) is 5.91 Å². The Morgan fingerprint density at radius 2 is 1.75 bits per heavy atom. The van der Waals surface area contributed by atoms with Gasteiger partial charge in [-0.2, -0.15) is 4.31 Å². The van der Waals surface area contributed by atoms with E-state index in [1.807, 2.05) is 0 Å². The second-order valence-electron chi connectivity index (χ2n) is 5.85. The van der Waals surface area contributed by atoms with Gasteiger partial charge in [-0.25, -0.2) is 8.42 Å². The Morgan fingerprint density at radius 3 is 2.32 bits per heavy atom. The van der Waals surface area contributed by atoms with Crippen LogP contribution in [0.2, 0.25) is 0 Å². The van der Waals surface area contributed by atoms with E-state index in [9.17, 15) is 18.0 Å². The van der Waals surface area contributed by atoms with E-state index in [1.54, 1.807) is 13.8 Å². The number of anilines is 1. The molecule has 2 rings (SSSR count). The molecule has 0 fully saturated rings. The molecule has 9 heteroatoms. The fourth-order valence-corrected chi connectivity index (χ4v) is 4.17. The molecule has 0 bridgehead atoms. The summed E-state index contributed by atoms with van der Waals surface area (Å²) < 4.78 is 31.8. The molecule has 0 unspecified atom stereocenters. The van der Waals surface area contributed by atoms with E-state index in [4.69, 9.17) is 10.5 Å². The maximum Gasteiger partial charge on any atom is 0.255 e. The van der Waals surface area contributed by atoms with Crippen LogP contribution in [0.5, 0.6) is 5.75 Å². The minimum atomic E-state index is -3.69. The normalized spacial score (nSPS) is 11.3. The summed E-state index contributed by atoms with van der Waals surface area (Å²) in [5.41, 5.74) is 5.88. The third-order valence-electron chi connectivity index (χ3n) is 4.17. The highest BCUT2D eigenvalue weighted by atomic mass is 32.2. The van der Waals surface area contributed by atoms with Crippen molar-refractivity contribution < 1.29 is 22.7 Å². The minimum Gasteiger partial charge on any atom is -0.495 e. The average molecular weight is 405 g/mol. The zero-order valence-electron chi connectivity index (χ0n) is 15.9. The number of carbonyl (C=O) groups excluding carboxylic acids is 2. The van der Waals surface area contributed by atoms with E-state index < -0.39 is 21.8 Å². The van der Waals surface area contributed by atoms with Crippen LogP contribution in [0, 0.1) is 0 Å². The van der Waals surface area contributed by atoms with Gasteiger partial charge in [0.05, 0.1) is 17.7 Å². The van der Waals surface area contributed by atoms with Gasteiger partial charge < -0.3 is 15.8 Å². The monoisotopic (exact) mass is 405 g/mol. The van der Waals surface area contributed by atoms with Crippen molar-refractivity contribution in [3.05, 3.63) is 53.6 Å². The summed E-state index contributed by atoms with van der Waals surface area (Å²) in [5, 5.41) is 2.63. The Morgan fingerprint density at radius 1 is 1.07 bits per heavy atom. The van der Waals surface area contributed by atoms with Gasteiger partial charge in [-0.15, -0.1) is 0 Å². The van der Waals surface area contributed by atoms with E-state index in [0.717, 1.165) is 0 Å².